The van der Waals surface area contributed by atoms with E-state index in [1.807, 2.05) is 12.1 Å². The molecule has 1 amide bonds. The lowest BCUT2D eigenvalue weighted by Crippen LogP contribution is -2.37. The molecule has 5 heteroatoms. The molecule has 0 saturated carbocycles. The smallest absolute Gasteiger partial charge is 0.238 e. The minimum absolute atomic E-state index is 0.0109. The summed E-state index contributed by atoms with van der Waals surface area (Å²) in [5, 5.41) is 2.93. The monoisotopic (exact) mass is 310 g/mol. The van der Waals surface area contributed by atoms with E-state index < -0.39 is 0 Å². The van der Waals surface area contributed by atoms with Gasteiger partial charge in [-0.3, -0.25) is 9.69 Å². The molecule has 0 aromatic heterocycles. The van der Waals surface area contributed by atoms with Crippen LogP contribution in [0.1, 0.15) is 11.1 Å². The Kier molecular flexibility index (Phi) is 3.63. The van der Waals surface area contributed by atoms with Gasteiger partial charge in [-0.2, -0.15) is 0 Å². The summed E-state index contributed by atoms with van der Waals surface area (Å²) in [4.78, 5) is 14.4. The fourth-order valence-electron chi connectivity index (χ4n) is 3.07. The molecule has 2 aliphatic heterocycles. The van der Waals surface area contributed by atoms with Crippen molar-refractivity contribution in [3.8, 4) is 11.5 Å². The van der Waals surface area contributed by atoms with Crippen LogP contribution in [-0.2, 0) is 17.8 Å². The Labute approximate surface area is 134 Å². The first-order valence-corrected chi connectivity index (χ1v) is 7.76. The van der Waals surface area contributed by atoms with Crippen LogP contribution >= 0.6 is 0 Å². The van der Waals surface area contributed by atoms with Crippen LogP contribution in [0.25, 0.3) is 0 Å². The van der Waals surface area contributed by atoms with E-state index in [-0.39, 0.29) is 12.7 Å². The van der Waals surface area contributed by atoms with Gasteiger partial charge in [0.05, 0.1) is 6.54 Å². The lowest BCUT2D eigenvalue weighted by Gasteiger charge is -2.28. The van der Waals surface area contributed by atoms with Crippen LogP contribution in [0.2, 0.25) is 0 Å². The first kappa shape index (κ1) is 14.1. The van der Waals surface area contributed by atoms with Gasteiger partial charge < -0.3 is 14.8 Å². The van der Waals surface area contributed by atoms with E-state index in [2.05, 4.69) is 34.5 Å². The van der Waals surface area contributed by atoms with Crippen molar-refractivity contribution in [2.45, 2.75) is 13.0 Å². The van der Waals surface area contributed by atoms with Crippen LogP contribution in [0.4, 0.5) is 5.69 Å². The fourth-order valence-corrected chi connectivity index (χ4v) is 3.07. The van der Waals surface area contributed by atoms with Gasteiger partial charge in [0.1, 0.15) is 0 Å². The van der Waals surface area contributed by atoms with Gasteiger partial charge in [0.15, 0.2) is 11.5 Å². The molecule has 2 aliphatic rings. The maximum atomic E-state index is 12.3. The zero-order valence-corrected chi connectivity index (χ0v) is 12.7. The van der Waals surface area contributed by atoms with Crippen LogP contribution in [0.3, 0.4) is 0 Å². The molecule has 0 spiro atoms. The molecule has 4 rings (SSSR count). The molecular formula is C18H18N2O3. The Morgan fingerprint density at radius 3 is 2.83 bits per heavy atom. The maximum Gasteiger partial charge on any atom is 0.238 e. The molecule has 0 saturated heterocycles. The molecule has 23 heavy (non-hydrogen) atoms. The molecule has 0 fully saturated rings. The summed E-state index contributed by atoms with van der Waals surface area (Å²) in [6.07, 6.45) is 0.994. The van der Waals surface area contributed by atoms with E-state index in [4.69, 9.17) is 9.47 Å². The van der Waals surface area contributed by atoms with Gasteiger partial charge in [0, 0.05) is 24.8 Å². The molecule has 0 unspecified atom stereocenters. The van der Waals surface area contributed by atoms with Crippen molar-refractivity contribution in [1.29, 1.82) is 0 Å². The lowest BCUT2D eigenvalue weighted by atomic mass is 10.00. The van der Waals surface area contributed by atoms with Gasteiger partial charge in [-0.25, -0.2) is 0 Å². The standard InChI is InChI=1S/C18H18N2O3/c21-18(19-15-5-6-16-17(9-15)23-12-22-16)11-20-8-7-13-3-1-2-4-14(13)10-20/h1-6,9H,7-8,10-12H2,(H,19,21). The van der Waals surface area contributed by atoms with Gasteiger partial charge in [-0.15, -0.1) is 0 Å². The number of benzene rings is 2. The maximum absolute atomic E-state index is 12.3. The van der Waals surface area contributed by atoms with E-state index in [1.54, 1.807) is 6.07 Å². The summed E-state index contributed by atoms with van der Waals surface area (Å²) >= 11 is 0. The Morgan fingerprint density at radius 1 is 1.09 bits per heavy atom. The zero-order valence-electron chi connectivity index (χ0n) is 12.7. The van der Waals surface area contributed by atoms with Crippen molar-refractivity contribution < 1.29 is 14.3 Å². The van der Waals surface area contributed by atoms with E-state index >= 15 is 0 Å². The third kappa shape index (κ3) is 3.00. The van der Waals surface area contributed by atoms with Gasteiger partial charge in [-0.1, -0.05) is 24.3 Å². The lowest BCUT2D eigenvalue weighted by molar-refractivity contribution is -0.117. The number of nitrogens with one attached hydrogen (secondary N) is 1. The molecule has 1 N–H and O–H groups in total. The Balaban J connectivity index is 1.37. The first-order valence-electron chi connectivity index (χ1n) is 7.76. The highest BCUT2D eigenvalue weighted by atomic mass is 16.7. The van der Waals surface area contributed by atoms with Crippen LogP contribution in [0.15, 0.2) is 42.5 Å². The Morgan fingerprint density at radius 2 is 1.91 bits per heavy atom. The summed E-state index contributed by atoms with van der Waals surface area (Å²) in [5.74, 6) is 1.38. The molecule has 2 heterocycles. The van der Waals surface area contributed by atoms with Crippen LogP contribution in [-0.4, -0.2) is 30.7 Å². The summed E-state index contributed by atoms with van der Waals surface area (Å²) in [5.41, 5.74) is 3.44. The average Bonchev–Trinajstić information content (AvgIpc) is 3.02. The van der Waals surface area contributed by atoms with E-state index in [0.717, 1.165) is 30.9 Å². The Hall–Kier alpha value is -2.53. The topological polar surface area (TPSA) is 50.8 Å². The summed E-state index contributed by atoms with van der Waals surface area (Å²) in [6, 6.07) is 13.9. The van der Waals surface area contributed by atoms with Crippen molar-refractivity contribution in [1.82, 2.24) is 4.90 Å². The third-order valence-electron chi connectivity index (χ3n) is 4.23. The van der Waals surface area contributed by atoms with Crippen molar-refractivity contribution in [2.24, 2.45) is 0 Å². The van der Waals surface area contributed by atoms with Crippen molar-refractivity contribution in [3.63, 3.8) is 0 Å². The highest BCUT2D eigenvalue weighted by Crippen LogP contribution is 2.34. The van der Waals surface area contributed by atoms with Crippen LogP contribution < -0.4 is 14.8 Å². The molecule has 0 radical (unpaired) electrons. The number of fused-ring (bicyclic) bond motifs is 2. The van der Waals surface area contributed by atoms with Crippen LogP contribution in [0.5, 0.6) is 11.5 Å². The second kappa shape index (κ2) is 5.93. The fraction of sp³-hybridized carbons (Fsp3) is 0.278. The number of anilines is 1. The number of nitrogens with zero attached hydrogens (tertiary/aromatic N) is 1. The largest absolute Gasteiger partial charge is 0.454 e. The van der Waals surface area contributed by atoms with Crippen molar-refractivity contribution in [3.05, 3.63) is 53.6 Å². The molecule has 2 aromatic carbocycles. The third-order valence-corrected chi connectivity index (χ3v) is 4.23. The molecule has 0 aliphatic carbocycles. The SMILES string of the molecule is O=C(CN1CCc2ccccc2C1)Nc1ccc2c(c1)OCO2. The second-order valence-electron chi connectivity index (χ2n) is 5.85. The second-order valence-corrected chi connectivity index (χ2v) is 5.85. The van der Waals surface area contributed by atoms with Gasteiger partial charge in [0.2, 0.25) is 12.7 Å². The zero-order chi connectivity index (χ0) is 15.6. The van der Waals surface area contributed by atoms with E-state index in [9.17, 15) is 4.79 Å². The molecule has 0 atom stereocenters. The molecule has 2 aromatic rings. The number of carbonyl (C=O) groups excluding carboxylic acids is 1. The van der Waals surface area contributed by atoms with Gasteiger partial charge in [0.25, 0.3) is 0 Å². The average molecular weight is 310 g/mol. The minimum Gasteiger partial charge on any atom is -0.454 e. The van der Waals surface area contributed by atoms with Gasteiger partial charge in [-0.05, 0) is 29.7 Å². The summed E-state index contributed by atoms with van der Waals surface area (Å²) in [6.45, 7) is 2.36. The molecule has 0 bridgehead atoms. The van der Waals surface area contributed by atoms with E-state index in [0.29, 0.717) is 12.3 Å². The highest BCUT2D eigenvalue weighted by Gasteiger charge is 2.19. The number of amides is 1. The quantitative estimate of drug-likeness (QED) is 0.946. The number of rotatable bonds is 3. The summed E-state index contributed by atoms with van der Waals surface area (Å²) in [7, 11) is 0. The number of carbonyl (C=O) groups is 1. The highest BCUT2D eigenvalue weighted by molar-refractivity contribution is 5.92. The van der Waals surface area contributed by atoms with Gasteiger partial charge >= 0.3 is 0 Å². The van der Waals surface area contributed by atoms with Crippen LogP contribution in [0, 0.1) is 0 Å². The normalized spacial score (nSPS) is 16.0. The predicted octanol–water partition coefficient (Wildman–Crippen LogP) is 2.41. The number of hydrogen-bond acceptors (Lipinski definition) is 4. The van der Waals surface area contributed by atoms with Crippen molar-refractivity contribution in [2.75, 3.05) is 25.2 Å². The molecule has 5 nitrogen and oxygen atoms in total. The minimum atomic E-state index is -0.0109. The Bertz CT molecular complexity index is 745. The predicted molar refractivity (Wildman–Crippen MR) is 86.6 cm³/mol. The number of ether oxygens (including phenoxy) is 2. The molecular weight excluding hydrogens is 292 g/mol. The number of hydrogen-bond donors (Lipinski definition) is 1. The van der Waals surface area contributed by atoms with Crippen molar-refractivity contribution >= 4 is 11.6 Å². The summed E-state index contributed by atoms with van der Waals surface area (Å²) < 4.78 is 10.6. The first-order chi connectivity index (χ1) is 11.3. The van der Waals surface area contributed by atoms with E-state index in [1.165, 1.54) is 11.1 Å². The molecule has 118 valence electrons.